The van der Waals surface area contributed by atoms with Crippen molar-refractivity contribution >= 4 is 17.5 Å². The maximum Gasteiger partial charge on any atom is 0.251 e. The van der Waals surface area contributed by atoms with Crippen LogP contribution in [0.5, 0.6) is 0 Å². The lowest BCUT2D eigenvalue weighted by molar-refractivity contribution is -0.132. The number of carbonyl (C=O) groups excluding carboxylic acids is 1. The Labute approximate surface area is 123 Å². The van der Waals surface area contributed by atoms with Crippen LogP contribution in [0.2, 0.25) is 5.02 Å². The SMILES string of the molecule is CONC(=O)C(Cc1ccccc1)c1ccc(Cl)cc1. The predicted octanol–water partition coefficient (Wildman–Crippen LogP) is 3.34. The zero-order valence-corrected chi connectivity index (χ0v) is 11.9. The highest BCUT2D eigenvalue weighted by molar-refractivity contribution is 6.30. The highest BCUT2D eigenvalue weighted by Crippen LogP contribution is 2.23. The average Bonchev–Trinajstić information content (AvgIpc) is 2.47. The quantitative estimate of drug-likeness (QED) is 0.857. The van der Waals surface area contributed by atoms with E-state index in [1.165, 1.54) is 7.11 Å². The van der Waals surface area contributed by atoms with Gasteiger partial charge in [-0.3, -0.25) is 9.63 Å². The van der Waals surface area contributed by atoms with Crippen LogP contribution in [0.3, 0.4) is 0 Å². The van der Waals surface area contributed by atoms with Gasteiger partial charge in [0.05, 0.1) is 13.0 Å². The first-order valence-corrected chi connectivity index (χ1v) is 6.70. The lowest BCUT2D eigenvalue weighted by Gasteiger charge is -2.16. The molecule has 20 heavy (non-hydrogen) atoms. The molecule has 0 bridgehead atoms. The van der Waals surface area contributed by atoms with Crippen LogP contribution in [-0.4, -0.2) is 13.0 Å². The summed E-state index contributed by atoms with van der Waals surface area (Å²) in [5.41, 5.74) is 4.41. The molecule has 0 aromatic heterocycles. The number of hydrogen-bond acceptors (Lipinski definition) is 2. The second kappa shape index (κ2) is 7.08. The molecule has 2 rings (SSSR count). The van der Waals surface area contributed by atoms with Gasteiger partial charge in [-0.25, -0.2) is 5.48 Å². The van der Waals surface area contributed by atoms with Crippen molar-refractivity contribution in [1.82, 2.24) is 5.48 Å². The van der Waals surface area contributed by atoms with E-state index in [0.717, 1.165) is 11.1 Å². The van der Waals surface area contributed by atoms with Gasteiger partial charge in [0.2, 0.25) is 0 Å². The van der Waals surface area contributed by atoms with Crippen molar-refractivity contribution in [2.24, 2.45) is 0 Å². The Morgan fingerprint density at radius 1 is 1.15 bits per heavy atom. The second-order valence-electron chi connectivity index (χ2n) is 4.46. The third kappa shape index (κ3) is 3.83. The molecule has 0 saturated carbocycles. The summed E-state index contributed by atoms with van der Waals surface area (Å²) in [5.74, 6) is -0.478. The van der Waals surface area contributed by atoms with Crippen molar-refractivity contribution in [3.05, 3.63) is 70.7 Å². The van der Waals surface area contributed by atoms with Crippen LogP contribution in [-0.2, 0) is 16.1 Å². The Bertz CT molecular complexity index is 554. The van der Waals surface area contributed by atoms with E-state index >= 15 is 0 Å². The smallest absolute Gasteiger partial charge is 0.251 e. The first-order chi connectivity index (χ1) is 9.70. The van der Waals surface area contributed by atoms with E-state index in [-0.39, 0.29) is 11.8 Å². The summed E-state index contributed by atoms with van der Waals surface area (Å²) in [7, 11) is 1.43. The van der Waals surface area contributed by atoms with Gasteiger partial charge in [-0.2, -0.15) is 0 Å². The van der Waals surface area contributed by atoms with Crippen LogP contribution < -0.4 is 5.48 Å². The molecule has 0 aliphatic heterocycles. The molecule has 1 atom stereocenters. The molecule has 0 saturated heterocycles. The molecule has 2 aromatic carbocycles. The molecule has 0 spiro atoms. The van der Waals surface area contributed by atoms with Gasteiger partial charge in [-0.15, -0.1) is 0 Å². The molecular weight excluding hydrogens is 274 g/mol. The minimum Gasteiger partial charge on any atom is -0.277 e. The van der Waals surface area contributed by atoms with Crippen LogP contribution in [0.15, 0.2) is 54.6 Å². The van der Waals surface area contributed by atoms with Gasteiger partial charge < -0.3 is 0 Å². The molecule has 1 N–H and O–H groups in total. The highest BCUT2D eigenvalue weighted by atomic mass is 35.5. The molecule has 1 amide bonds. The molecular formula is C16H16ClNO2. The molecule has 0 aliphatic carbocycles. The molecule has 0 aliphatic rings. The summed E-state index contributed by atoms with van der Waals surface area (Å²) in [6.45, 7) is 0. The fraction of sp³-hybridized carbons (Fsp3) is 0.188. The second-order valence-corrected chi connectivity index (χ2v) is 4.90. The largest absolute Gasteiger partial charge is 0.277 e. The Morgan fingerprint density at radius 3 is 2.40 bits per heavy atom. The van der Waals surface area contributed by atoms with Crippen LogP contribution in [0.4, 0.5) is 0 Å². The Hall–Kier alpha value is -1.84. The zero-order chi connectivity index (χ0) is 14.4. The van der Waals surface area contributed by atoms with Gasteiger partial charge in [0.15, 0.2) is 0 Å². The Kier molecular flexibility index (Phi) is 5.16. The monoisotopic (exact) mass is 289 g/mol. The fourth-order valence-corrected chi connectivity index (χ4v) is 2.20. The van der Waals surface area contributed by atoms with Crippen LogP contribution in [0.1, 0.15) is 17.0 Å². The van der Waals surface area contributed by atoms with E-state index < -0.39 is 0 Å². The summed E-state index contributed by atoms with van der Waals surface area (Å²) < 4.78 is 0. The minimum atomic E-state index is -0.311. The zero-order valence-electron chi connectivity index (χ0n) is 11.2. The summed E-state index contributed by atoms with van der Waals surface area (Å²) in [4.78, 5) is 16.9. The fourth-order valence-electron chi connectivity index (χ4n) is 2.08. The number of amides is 1. The molecule has 0 heterocycles. The standard InChI is InChI=1S/C16H16ClNO2/c1-20-18-16(19)15(11-12-5-3-2-4-6-12)13-7-9-14(17)10-8-13/h2-10,15H,11H2,1H3,(H,18,19). The minimum absolute atomic E-state index is 0.168. The average molecular weight is 290 g/mol. The molecule has 2 aromatic rings. The lowest BCUT2D eigenvalue weighted by atomic mass is 9.91. The molecule has 1 unspecified atom stereocenters. The first-order valence-electron chi connectivity index (χ1n) is 6.33. The van der Waals surface area contributed by atoms with Crippen LogP contribution in [0.25, 0.3) is 0 Å². The number of carbonyl (C=O) groups is 1. The summed E-state index contributed by atoms with van der Waals surface area (Å²) in [5, 5.41) is 0.652. The molecule has 4 heteroatoms. The van der Waals surface area contributed by atoms with Crippen molar-refractivity contribution in [1.29, 1.82) is 0 Å². The molecule has 3 nitrogen and oxygen atoms in total. The van der Waals surface area contributed by atoms with Crippen LogP contribution in [0, 0.1) is 0 Å². The van der Waals surface area contributed by atoms with Crippen molar-refractivity contribution in [3.63, 3.8) is 0 Å². The van der Waals surface area contributed by atoms with Gasteiger partial charge in [0, 0.05) is 5.02 Å². The van der Waals surface area contributed by atoms with Gasteiger partial charge in [0.1, 0.15) is 0 Å². The maximum atomic E-state index is 12.2. The van der Waals surface area contributed by atoms with E-state index in [0.29, 0.717) is 11.4 Å². The van der Waals surface area contributed by atoms with Crippen molar-refractivity contribution < 1.29 is 9.63 Å². The van der Waals surface area contributed by atoms with E-state index in [2.05, 4.69) is 5.48 Å². The number of hydroxylamine groups is 1. The Morgan fingerprint density at radius 2 is 1.80 bits per heavy atom. The number of nitrogens with one attached hydrogen (secondary N) is 1. The Balaban J connectivity index is 2.25. The topological polar surface area (TPSA) is 38.3 Å². The number of halogens is 1. The number of hydrogen-bond donors (Lipinski definition) is 1. The van der Waals surface area contributed by atoms with Crippen molar-refractivity contribution in [2.45, 2.75) is 12.3 Å². The predicted molar refractivity (Wildman–Crippen MR) is 79.5 cm³/mol. The van der Waals surface area contributed by atoms with Crippen molar-refractivity contribution in [2.75, 3.05) is 7.11 Å². The van der Waals surface area contributed by atoms with Gasteiger partial charge >= 0.3 is 0 Å². The van der Waals surface area contributed by atoms with Gasteiger partial charge in [0.25, 0.3) is 5.91 Å². The third-order valence-corrected chi connectivity index (χ3v) is 3.33. The normalized spacial score (nSPS) is 11.9. The summed E-state index contributed by atoms with van der Waals surface area (Å²) in [6, 6.07) is 17.2. The van der Waals surface area contributed by atoms with E-state index in [1.54, 1.807) is 12.1 Å². The van der Waals surface area contributed by atoms with E-state index in [9.17, 15) is 4.79 Å². The highest BCUT2D eigenvalue weighted by Gasteiger charge is 2.21. The summed E-state index contributed by atoms with van der Waals surface area (Å²) >= 11 is 5.89. The van der Waals surface area contributed by atoms with Gasteiger partial charge in [-0.1, -0.05) is 54.1 Å². The third-order valence-electron chi connectivity index (χ3n) is 3.07. The van der Waals surface area contributed by atoms with E-state index in [1.807, 2.05) is 42.5 Å². The number of benzene rings is 2. The molecule has 0 fully saturated rings. The van der Waals surface area contributed by atoms with Crippen molar-refractivity contribution in [3.8, 4) is 0 Å². The van der Waals surface area contributed by atoms with Gasteiger partial charge in [-0.05, 0) is 29.7 Å². The van der Waals surface area contributed by atoms with E-state index in [4.69, 9.17) is 16.4 Å². The summed E-state index contributed by atoms with van der Waals surface area (Å²) in [6.07, 6.45) is 0.609. The molecule has 104 valence electrons. The maximum absolute atomic E-state index is 12.2. The number of rotatable bonds is 5. The molecule has 0 radical (unpaired) electrons. The lowest BCUT2D eigenvalue weighted by Crippen LogP contribution is -2.29. The van der Waals surface area contributed by atoms with Crippen LogP contribution >= 0.6 is 11.6 Å². The first kappa shape index (κ1) is 14.6.